The van der Waals surface area contributed by atoms with Crippen LogP contribution in [0.25, 0.3) is 0 Å². The zero-order valence-corrected chi connectivity index (χ0v) is 63.5. The summed E-state index contributed by atoms with van der Waals surface area (Å²) in [5.74, 6) is 3.08. The Bertz CT molecular complexity index is 4950. The number of rotatable bonds is 22. The first-order valence-corrected chi connectivity index (χ1v) is 37.7. The smallest absolute Gasteiger partial charge is 0.338 e. The van der Waals surface area contributed by atoms with E-state index in [-0.39, 0.29) is 70.3 Å². The number of ether oxygens (including phenoxy) is 4. The summed E-state index contributed by atoms with van der Waals surface area (Å²) in [5, 5.41) is 23.9. The standard InChI is InChI=1S/C40H37ClFN7O5S.C39H39ClFN7O6S/c1-5-40(2,3)46-36(50)24-6-11-28(12-7-24)54-29-13-9-26(10-14-29)49-22-27-21-47(17-18-48(27)39(49)52)23-32-33(38(51)53-4)34(30-15-8-25(42)20-31(30)41)45-35(44-32)37-43-16-19-55-37;1-3-46(17-18-49)37(50)24-4-9-28(10-5-24)54-29-11-7-26(8-12-29)48-22-27-21-45(15-16-47(27)39(48)52)23-32-33(38(51)53-2)34(30-13-6-25(41)20-31(30)40)44-35(43-32)36-42-14-19-55-36/h1,6-16,19-20,27,34H,17-18,21-23H2,2-4H3,(H,44,45)(H,46,50);4-14,19-20,27,34,49H,3,15-18,21-23H2,1-2H3,(H,43,44)/t2*27-,34-/m00/s1. The minimum Gasteiger partial charge on any atom is -0.466 e. The number of aromatic nitrogens is 2. The number of benzene rings is 6. The third-order valence-corrected chi connectivity index (χ3v) is 21.5. The zero-order valence-electron chi connectivity index (χ0n) is 60.4. The lowest BCUT2D eigenvalue weighted by Crippen LogP contribution is -2.53. The van der Waals surface area contributed by atoms with Gasteiger partial charge in [-0.3, -0.25) is 39.2 Å². The molecule has 8 heterocycles. The minimum atomic E-state index is -0.870. The van der Waals surface area contributed by atoms with Crippen LogP contribution < -0.4 is 35.2 Å². The second-order valence-corrected chi connectivity index (χ2v) is 29.4. The van der Waals surface area contributed by atoms with Crippen molar-refractivity contribution in [3.8, 4) is 35.3 Å². The molecule has 4 fully saturated rings. The molecular formula is C79H76Cl2F2N14O11S2. The number of terminal acetylenes is 1. The van der Waals surface area contributed by atoms with Crippen LogP contribution in [0.1, 0.15) is 74.7 Å². The van der Waals surface area contributed by atoms with Crippen molar-refractivity contribution in [2.45, 2.75) is 50.5 Å². The highest BCUT2D eigenvalue weighted by Gasteiger charge is 2.45. The maximum absolute atomic E-state index is 14.1. The Labute approximate surface area is 651 Å². The highest BCUT2D eigenvalue weighted by molar-refractivity contribution is 7.12. The molecule has 0 spiro atoms. The molecule has 110 heavy (non-hydrogen) atoms. The van der Waals surface area contributed by atoms with Crippen molar-refractivity contribution in [3.05, 3.63) is 233 Å². The summed E-state index contributed by atoms with van der Waals surface area (Å²) in [5.41, 5.74) is 4.21. The number of fused-ring (bicyclic) bond motifs is 2. The van der Waals surface area contributed by atoms with Gasteiger partial charge in [0.25, 0.3) is 11.8 Å². The van der Waals surface area contributed by atoms with Gasteiger partial charge in [-0.1, -0.05) is 41.3 Å². The maximum Gasteiger partial charge on any atom is 0.338 e. The molecule has 4 saturated heterocycles. The van der Waals surface area contributed by atoms with Crippen LogP contribution in [0, 0.1) is 24.0 Å². The van der Waals surface area contributed by atoms with Crippen LogP contribution in [0.4, 0.5) is 29.7 Å². The SMILES string of the molecule is C#CC(C)(C)NC(=O)c1ccc(Oc2ccc(N3C[C@@H]4CN(CC5=C(C(=O)OC)[C@H](c6ccc(F)cc6Cl)N=C(c6nccs6)N5)CCN4C3=O)cc2)cc1.CCN(CCO)C(=O)c1ccc(Oc2ccc(N3C[C@@H]4CN(CC5=C(C(=O)OC)[C@H](c6ccc(F)cc6Cl)N=C(c6nccs6)N5)CCN4C3=O)cc2)cc1. The highest BCUT2D eigenvalue weighted by Crippen LogP contribution is 2.41. The number of hydrogen-bond acceptors (Lipinski definition) is 21. The molecule has 6 aliphatic rings. The molecule has 8 aromatic rings. The van der Waals surface area contributed by atoms with Crippen molar-refractivity contribution in [2.24, 2.45) is 9.98 Å². The Morgan fingerprint density at radius 1 is 0.627 bits per heavy atom. The fourth-order valence-electron chi connectivity index (χ4n) is 13.7. The number of likely N-dealkylation sites (N-methyl/N-ethyl adjacent to an activating group) is 1. The van der Waals surface area contributed by atoms with Gasteiger partial charge in [0, 0.05) is 157 Å². The summed E-state index contributed by atoms with van der Waals surface area (Å²) in [4.78, 5) is 111. The summed E-state index contributed by atoms with van der Waals surface area (Å²) in [6.45, 7) is 10.8. The number of aliphatic imine (C=N–C) groups is 2. The molecule has 6 amide bonds. The summed E-state index contributed by atoms with van der Waals surface area (Å²) < 4.78 is 50.6. The number of methoxy groups -OCH3 is 2. The number of hydrogen-bond donors (Lipinski definition) is 4. The van der Waals surface area contributed by atoms with Crippen molar-refractivity contribution in [1.29, 1.82) is 0 Å². The third kappa shape index (κ3) is 17.2. The van der Waals surface area contributed by atoms with Crippen LogP contribution in [0.15, 0.2) is 189 Å². The molecule has 0 radical (unpaired) electrons. The van der Waals surface area contributed by atoms with E-state index in [0.29, 0.717) is 150 Å². The predicted molar refractivity (Wildman–Crippen MR) is 414 cm³/mol. The number of nitrogens with one attached hydrogen (secondary N) is 3. The molecule has 25 nitrogen and oxygen atoms in total. The monoisotopic (exact) mass is 1570 g/mol. The number of amides is 6. The molecule has 0 aliphatic carbocycles. The molecule has 0 saturated carbocycles. The lowest BCUT2D eigenvalue weighted by molar-refractivity contribution is -0.137. The number of piperazine rings is 2. The lowest BCUT2D eigenvalue weighted by Gasteiger charge is -2.38. The Hall–Kier alpha value is -11.1. The largest absolute Gasteiger partial charge is 0.466 e. The first-order chi connectivity index (χ1) is 53.1. The molecule has 6 aliphatic heterocycles. The number of esters is 2. The van der Waals surface area contributed by atoms with Gasteiger partial charge in [-0.05, 0) is 142 Å². The van der Waals surface area contributed by atoms with Gasteiger partial charge in [-0.2, -0.15) is 0 Å². The van der Waals surface area contributed by atoms with E-state index < -0.39 is 41.2 Å². The summed E-state index contributed by atoms with van der Waals surface area (Å²) in [6.07, 6.45) is 8.81. The van der Waals surface area contributed by atoms with Crippen molar-refractivity contribution >= 4 is 105 Å². The first kappa shape index (κ1) is 77.1. The molecule has 2 aromatic heterocycles. The summed E-state index contributed by atoms with van der Waals surface area (Å²) in [7, 11) is 2.60. The number of anilines is 2. The number of carbonyl (C=O) groups is 6. The molecule has 0 unspecified atom stereocenters. The van der Waals surface area contributed by atoms with E-state index in [1.807, 2.05) is 51.7 Å². The number of aliphatic hydroxyl groups excluding tert-OH is 1. The van der Waals surface area contributed by atoms with Gasteiger partial charge in [0.15, 0.2) is 21.7 Å². The fraction of sp³-hybridized carbons (Fsp3) is 0.291. The Kier molecular flexibility index (Phi) is 23.7. The average molecular weight is 1570 g/mol. The number of halogens is 4. The molecule has 4 atom stereocenters. The van der Waals surface area contributed by atoms with E-state index in [0.717, 1.165) is 11.4 Å². The van der Waals surface area contributed by atoms with Crippen molar-refractivity contribution in [3.63, 3.8) is 0 Å². The van der Waals surface area contributed by atoms with Gasteiger partial charge in [-0.15, -0.1) is 29.1 Å². The zero-order chi connectivity index (χ0) is 77.5. The second-order valence-electron chi connectivity index (χ2n) is 26.8. The minimum absolute atomic E-state index is 0.0876. The van der Waals surface area contributed by atoms with Gasteiger partial charge in [0.1, 0.15) is 46.7 Å². The van der Waals surface area contributed by atoms with Crippen LogP contribution >= 0.6 is 45.9 Å². The summed E-state index contributed by atoms with van der Waals surface area (Å²) >= 11 is 15.8. The van der Waals surface area contributed by atoms with Crippen LogP contribution in [0.5, 0.6) is 23.0 Å². The van der Waals surface area contributed by atoms with E-state index in [1.165, 1.54) is 73.3 Å². The van der Waals surface area contributed by atoms with E-state index in [9.17, 15) is 42.7 Å². The third-order valence-electron chi connectivity index (χ3n) is 19.3. The highest BCUT2D eigenvalue weighted by atomic mass is 35.5. The summed E-state index contributed by atoms with van der Waals surface area (Å²) in [6, 6.07) is 34.0. The molecule has 4 N–H and O–H groups in total. The number of carbonyl (C=O) groups excluding carboxylic acids is 6. The number of thiazole rings is 2. The Morgan fingerprint density at radius 3 is 1.42 bits per heavy atom. The predicted octanol–water partition coefficient (Wildman–Crippen LogP) is 11.3. The van der Waals surface area contributed by atoms with E-state index >= 15 is 0 Å². The van der Waals surface area contributed by atoms with Gasteiger partial charge in [0.05, 0.1) is 49.6 Å². The van der Waals surface area contributed by atoms with Gasteiger partial charge < -0.3 is 54.7 Å². The van der Waals surface area contributed by atoms with Crippen molar-refractivity contribution in [2.75, 3.05) is 109 Å². The Morgan fingerprint density at radius 2 is 1.05 bits per heavy atom. The van der Waals surface area contributed by atoms with Crippen LogP contribution in [0.3, 0.4) is 0 Å². The molecule has 568 valence electrons. The quantitative estimate of drug-likeness (QED) is 0.0363. The Balaban J connectivity index is 0.000000193. The van der Waals surface area contributed by atoms with Crippen LogP contribution in [-0.4, -0.2) is 204 Å². The van der Waals surface area contributed by atoms with Gasteiger partial charge in [-0.25, -0.2) is 37.9 Å². The van der Waals surface area contributed by atoms with Crippen LogP contribution in [-0.2, 0) is 19.1 Å². The number of urea groups is 2. The molecule has 14 rings (SSSR count). The number of aliphatic hydroxyl groups is 1. The fourth-order valence-corrected chi connectivity index (χ4v) is 15.5. The first-order valence-electron chi connectivity index (χ1n) is 35.2. The second kappa shape index (κ2) is 33.8. The average Bonchev–Trinajstić information content (AvgIpc) is 1.27. The van der Waals surface area contributed by atoms with Gasteiger partial charge >= 0.3 is 24.0 Å². The molecule has 31 heteroatoms. The van der Waals surface area contributed by atoms with E-state index in [1.54, 1.807) is 114 Å². The normalized spacial score (nSPS) is 18.6. The topological polar surface area (TPSA) is 269 Å². The molecule has 6 aromatic carbocycles. The van der Waals surface area contributed by atoms with E-state index in [2.05, 4.69) is 41.6 Å². The van der Waals surface area contributed by atoms with Crippen molar-refractivity contribution in [1.82, 2.24) is 50.4 Å². The number of nitrogens with zero attached hydrogens (tertiary/aromatic N) is 11. The lowest BCUT2D eigenvalue weighted by atomic mass is 9.95. The van der Waals surface area contributed by atoms with Gasteiger partial charge in [0.2, 0.25) is 0 Å². The number of amidine groups is 2. The van der Waals surface area contributed by atoms with Crippen molar-refractivity contribution < 1.29 is 61.6 Å². The molecule has 0 bridgehead atoms. The maximum atomic E-state index is 14.1. The molecular weight excluding hydrogens is 1490 g/mol. The van der Waals surface area contributed by atoms with Crippen LogP contribution in [0.2, 0.25) is 10.0 Å². The van der Waals surface area contributed by atoms with E-state index in [4.69, 9.17) is 58.6 Å².